The lowest BCUT2D eigenvalue weighted by atomic mass is 9.78. The van der Waals surface area contributed by atoms with Crippen LogP contribution >= 0.6 is 0 Å². The molecule has 232 valence electrons. The van der Waals surface area contributed by atoms with Crippen LogP contribution in [0.25, 0.3) is 49.2 Å². The van der Waals surface area contributed by atoms with Crippen LogP contribution in [0.2, 0.25) is 0 Å². The van der Waals surface area contributed by atoms with Crippen LogP contribution in [0.5, 0.6) is 11.5 Å². The number of aliphatic hydroxyl groups is 3. The number of ketones is 1. The Hall–Kier alpha value is -4.51. The highest BCUT2D eigenvalue weighted by Crippen LogP contribution is 2.57. The maximum absolute atomic E-state index is 14.1. The summed E-state index contributed by atoms with van der Waals surface area (Å²) in [6.45, 7) is 6.16. The van der Waals surface area contributed by atoms with Crippen molar-refractivity contribution in [1.82, 2.24) is 0 Å². The number of hydrogen-bond acceptors (Lipinski definition) is 10. The molecule has 2 unspecified atom stereocenters. The predicted molar refractivity (Wildman–Crippen MR) is 175 cm³/mol. The van der Waals surface area contributed by atoms with Gasteiger partial charge < -0.3 is 35.8 Å². The maximum Gasteiger partial charge on any atom is 0.190 e. The number of ether oxygens (including phenoxy) is 1. The first-order valence-electron chi connectivity index (χ1n) is 14.9. The van der Waals surface area contributed by atoms with Crippen LogP contribution in [0.1, 0.15) is 62.3 Å². The van der Waals surface area contributed by atoms with Crippen molar-refractivity contribution in [3.8, 4) is 11.5 Å². The first-order chi connectivity index (χ1) is 21.4. The van der Waals surface area contributed by atoms with Gasteiger partial charge in [-0.2, -0.15) is 0 Å². The molecule has 5 aromatic carbocycles. The number of carbonyl (C=O) groups excluding carboxylic acids is 1. The van der Waals surface area contributed by atoms with Gasteiger partial charge in [0.2, 0.25) is 0 Å². The number of Topliss-reactive ketones (excluding diaryl/α,β-unsaturated/α-hetero) is 1. The molecule has 0 saturated carbocycles. The number of phenolic OH excluding ortho intramolecular Hbond substituents is 1. The Kier molecular flexibility index (Phi) is 6.33. The van der Waals surface area contributed by atoms with Gasteiger partial charge in [0.15, 0.2) is 22.4 Å². The van der Waals surface area contributed by atoms with E-state index in [0.29, 0.717) is 77.8 Å². The summed E-state index contributed by atoms with van der Waals surface area (Å²) in [5.41, 5.74) is 1.94. The molecule has 0 amide bonds. The van der Waals surface area contributed by atoms with E-state index in [2.05, 4.69) is 10.6 Å². The van der Waals surface area contributed by atoms with Crippen LogP contribution in [-0.2, 0) is 18.0 Å². The van der Waals surface area contributed by atoms with Gasteiger partial charge in [-0.1, -0.05) is 11.6 Å². The van der Waals surface area contributed by atoms with Crippen LogP contribution in [0, 0.1) is 0 Å². The third kappa shape index (κ3) is 3.64. The van der Waals surface area contributed by atoms with Gasteiger partial charge in [0.1, 0.15) is 5.78 Å². The van der Waals surface area contributed by atoms with E-state index in [4.69, 9.17) is 4.74 Å². The number of anilines is 2. The Bertz CT molecular complexity index is 2270. The summed E-state index contributed by atoms with van der Waals surface area (Å²) >= 11 is 0. The van der Waals surface area contributed by atoms with Gasteiger partial charge >= 0.3 is 0 Å². The summed E-state index contributed by atoms with van der Waals surface area (Å²) in [4.78, 5) is 41.3. The number of allylic oxidation sites excluding steroid dienone is 1. The van der Waals surface area contributed by atoms with E-state index in [9.17, 15) is 34.8 Å². The third-order valence-electron chi connectivity index (χ3n) is 9.87. The second-order valence-corrected chi connectivity index (χ2v) is 12.8. The lowest BCUT2D eigenvalue weighted by Crippen LogP contribution is -2.52. The first kappa shape index (κ1) is 29.2. The van der Waals surface area contributed by atoms with Gasteiger partial charge in [0.25, 0.3) is 0 Å². The van der Waals surface area contributed by atoms with Crippen LogP contribution in [0.15, 0.2) is 27.3 Å². The molecule has 0 radical (unpaired) electrons. The van der Waals surface area contributed by atoms with E-state index in [1.54, 1.807) is 0 Å². The van der Waals surface area contributed by atoms with Crippen molar-refractivity contribution >= 4 is 66.3 Å². The number of benzene rings is 5. The van der Waals surface area contributed by atoms with Crippen molar-refractivity contribution < 1.29 is 30.0 Å². The summed E-state index contributed by atoms with van der Waals surface area (Å²) in [6.07, 6.45) is 2.30. The molecule has 1 aliphatic carbocycles. The van der Waals surface area contributed by atoms with E-state index >= 15 is 0 Å². The highest BCUT2D eigenvalue weighted by molar-refractivity contribution is 6.40. The zero-order valence-corrected chi connectivity index (χ0v) is 25.6. The standard InChI is InChI=1S/C35H34N2O8/c1-13-8-17-24-27-22(15(11-39)9-18(42)25(27)32-31(17)37-35(3,4)20(36-32)6-7-38)23-16(12-40)10-19(43)26-28(23)29(24)30(21(13)14(2)41)34(45-5)33(26)44/h8-10,20-21,36-40,44H,6-7,11-12H2,1-5H3. The van der Waals surface area contributed by atoms with Crippen molar-refractivity contribution in [2.45, 2.75) is 64.8 Å². The molecule has 5 aromatic rings. The second-order valence-electron chi connectivity index (χ2n) is 12.8. The van der Waals surface area contributed by atoms with Crippen LogP contribution < -0.4 is 26.2 Å². The Balaban J connectivity index is 1.93. The fourth-order valence-corrected chi connectivity index (χ4v) is 8.04. The van der Waals surface area contributed by atoms with Crippen LogP contribution in [0.3, 0.4) is 0 Å². The normalized spacial score (nSPS) is 18.7. The second kappa shape index (κ2) is 9.74. The highest BCUT2D eigenvalue weighted by atomic mass is 16.5. The molecular formula is C35H34N2O8. The molecule has 0 aromatic heterocycles. The fourth-order valence-electron chi connectivity index (χ4n) is 8.04. The summed E-state index contributed by atoms with van der Waals surface area (Å²) in [5, 5.41) is 53.0. The average Bonchev–Trinajstić information content (AvgIpc) is 3.12. The molecule has 2 atom stereocenters. The molecule has 10 heteroatoms. The molecular weight excluding hydrogens is 576 g/mol. The molecule has 7 rings (SSSR count). The summed E-state index contributed by atoms with van der Waals surface area (Å²) in [5.74, 6) is -1.51. The molecule has 0 spiro atoms. The number of hydrogen-bond donors (Lipinski definition) is 6. The van der Waals surface area contributed by atoms with Gasteiger partial charge in [-0.25, -0.2) is 0 Å². The largest absolute Gasteiger partial charge is 0.504 e. The minimum atomic E-state index is -0.870. The number of rotatable bonds is 6. The van der Waals surface area contributed by atoms with E-state index in [-0.39, 0.29) is 40.6 Å². The zero-order valence-electron chi connectivity index (χ0n) is 25.6. The Morgan fingerprint density at radius 1 is 0.889 bits per heavy atom. The number of methoxy groups -OCH3 is 1. The predicted octanol–water partition coefficient (Wildman–Crippen LogP) is 4.05. The van der Waals surface area contributed by atoms with Crippen LogP contribution in [0.4, 0.5) is 11.4 Å². The van der Waals surface area contributed by atoms with E-state index in [1.807, 2.05) is 26.8 Å². The smallest absolute Gasteiger partial charge is 0.190 e. The average molecular weight is 611 g/mol. The minimum Gasteiger partial charge on any atom is -0.504 e. The molecule has 2 aliphatic rings. The quantitative estimate of drug-likeness (QED) is 0.122. The molecule has 0 bridgehead atoms. The number of aliphatic hydroxyl groups excluding tert-OH is 3. The molecule has 0 saturated heterocycles. The topological polar surface area (TPSA) is 165 Å². The Labute approximate surface area is 257 Å². The number of nitrogens with one attached hydrogen (secondary N) is 2. The van der Waals surface area contributed by atoms with Gasteiger partial charge in [0.05, 0.1) is 60.0 Å². The lowest BCUT2D eigenvalue weighted by Gasteiger charge is -2.43. The monoisotopic (exact) mass is 610 g/mol. The Morgan fingerprint density at radius 3 is 2.04 bits per heavy atom. The van der Waals surface area contributed by atoms with Crippen molar-refractivity contribution in [1.29, 1.82) is 0 Å². The van der Waals surface area contributed by atoms with Crippen LogP contribution in [-0.4, -0.2) is 51.5 Å². The summed E-state index contributed by atoms with van der Waals surface area (Å²) in [6, 6.07) is 2.37. The number of aromatic hydroxyl groups is 1. The van der Waals surface area contributed by atoms with Crippen molar-refractivity contribution in [3.63, 3.8) is 0 Å². The summed E-state index contributed by atoms with van der Waals surface area (Å²) in [7, 11) is 1.37. The minimum absolute atomic E-state index is 0.0116. The molecule has 0 fully saturated rings. The highest BCUT2D eigenvalue weighted by Gasteiger charge is 2.41. The number of fused-ring (bicyclic) bond motifs is 4. The van der Waals surface area contributed by atoms with Gasteiger partial charge in [-0.3, -0.25) is 14.4 Å². The molecule has 1 aliphatic heterocycles. The lowest BCUT2D eigenvalue weighted by molar-refractivity contribution is -0.117. The number of carbonyl (C=O) groups is 1. The van der Waals surface area contributed by atoms with E-state index < -0.39 is 35.8 Å². The van der Waals surface area contributed by atoms with Gasteiger partial charge in [0, 0.05) is 33.9 Å². The van der Waals surface area contributed by atoms with Crippen molar-refractivity contribution in [3.05, 3.63) is 60.4 Å². The Morgan fingerprint density at radius 2 is 1.49 bits per heavy atom. The van der Waals surface area contributed by atoms with E-state index in [0.717, 1.165) is 0 Å². The van der Waals surface area contributed by atoms with Gasteiger partial charge in [-0.15, -0.1) is 0 Å². The molecule has 10 nitrogen and oxygen atoms in total. The first-order valence-corrected chi connectivity index (χ1v) is 14.9. The van der Waals surface area contributed by atoms with Gasteiger partial charge in [-0.05, 0) is 73.5 Å². The van der Waals surface area contributed by atoms with Crippen molar-refractivity contribution in [2.75, 3.05) is 24.4 Å². The maximum atomic E-state index is 14.1. The SMILES string of the molecule is COc1c(O)c2c(=O)cc(CO)c3c4c(CO)cc(=O)c5c6c(c7c(c(c1C(C(C)=O)C(C)=C7)c23)c54)NC(C)(C)C(CCO)N6. The molecule has 6 N–H and O–H groups in total. The third-order valence-corrected chi connectivity index (χ3v) is 9.87. The molecule has 1 heterocycles. The zero-order chi connectivity index (χ0) is 32.3. The van der Waals surface area contributed by atoms with E-state index in [1.165, 1.54) is 26.2 Å². The fraction of sp³-hybridized carbons (Fsp3) is 0.343. The summed E-state index contributed by atoms with van der Waals surface area (Å²) < 4.78 is 5.77. The molecule has 45 heavy (non-hydrogen) atoms. The van der Waals surface area contributed by atoms with Crippen molar-refractivity contribution in [2.24, 2.45) is 0 Å². The number of phenols is 1.